The molecule has 0 aromatic heterocycles. The quantitative estimate of drug-likeness (QED) is 0.573. The highest BCUT2D eigenvalue weighted by atomic mass is 16.6. The summed E-state index contributed by atoms with van der Waals surface area (Å²) in [5, 5.41) is 9.14. The van der Waals surface area contributed by atoms with Crippen molar-refractivity contribution in [3.8, 4) is 0 Å². The fraction of sp³-hybridized carbons (Fsp3) is 1.00. The molecular formula is C7H14O2. The van der Waals surface area contributed by atoms with Gasteiger partial charge < -0.3 is 9.84 Å². The predicted octanol–water partition coefficient (Wildman–Crippen LogP) is 0.997. The zero-order chi connectivity index (χ0) is 6.85. The molecule has 0 saturated carbocycles. The first-order chi connectivity index (χ1) is 4.22. The van der Waals surface area contributed by atoms with Gasteiger partial charge >= 0.3 is 0 Å². The Morgan fingerprint density at radius 1 is 1.56 bits per heavy atom. The number of aliphatic hydroxyl groups is 1. The van der Waals surface area contributed by atoms with Crippen molar-refractivity contribution in [1.29, 1.82) is 0 Å². The highest BCUT2D eigenvalue weighted by molar-refractivity contribution is 4.70. The van der Waals surface area contributed by atoms with Crippen molar-refractivity contribution in [1.82, 2.24) is 0 Å². The van der Waals surface area contributed by atoms with E-state index in [0.717, 1.165) is 13.0 Å². The largest absolute Gasteiger partial charge is 0.368 e. The smallest absolute Gasteiger partial charge is 0.157 e. The zero-order valence-electron chi connectivity index (χ0n) is 6.00. The Morgan fingerprint density at radius 3 is 2.44 bits per heavy atom. The maximum atomic E-state index is 9.14. The van der Waals surface area contributed by atoms with E-state index < -0.39 is 6.29 Å². The molecule has 0 unspecified atom stereocenters. The predicted molar refractivity (Wildman–Crippen MR) is 34.9 cm³/mol. The van der Waals surface area contributed by atoms with Gasteiger partial charge in [0, 0.05) is 5.92 Å². The third-order valence-corrected chi connectivity index (χ3v) is 1.96. The standard InChI is InChI=1S/C7H14O2/c1-5(2)6-3-4-9-7(6)8/h5-8H,3-4H2,1-2H3/t6-,7-/m1/s1. The minimum absolute atomic E-state index is 0.366. The minimum Gasteiger partial charge on any atom is -0.368 e. The van der Waals surface area contributed by atoms with E-state index in [-0.39, 0.29) is 0 Å². The van der Waals surface area contributed by atoms with Gasteiger partial charge in [-0.1, -0.05) is 13.8 Å². The Bertz CT molecular complexity index is 90.9. The second kappa shape index (κ2) is 2.67. The Hall–Kier alpha value is -0.0800. The van der Waals surface area contributed by atoms with Gasteiger partial charge in [0.05, 0.1) is 6.61 Å². The van der Waals surface area contributed by atoms with Gasteiger partial charge in [-0.2, -0.15) is 0 Å². The first-order valence-corrected chi connectivity index (χ1v) is 3.51. The van der Waals surface area contributed by atoms with E-state index in [1.54, 1.807) is 0 Å². The fourth-order valence-corrected chi connectivity index (χ4v) is 1.25. The molecule has 0 aliphatic carbocycles. The number of rotatable bonds is 1. The van der Waals surface area contributed by atoms with Crippen molar-refractivity contribution in [2.24, 2.45) is 11.8 Å². The van der Waals surface area contributed by atoms with Crippen LogP contribution in [0.5, 0.6) is 0 Å². The van der Waals surface area contributed by atoms with Gasteiger partial charge in [0.1, 0.15) is 0 Å². The summed E-state index contributed by atoms with van der Waals surface area (Å²) in [5.74, 6) is 0.910. The lowest BCUT2D eigenvalue weighted by atomic mass is 9.94. The summed E-state index contributed by atoms with van der Waals surface area (Å²) in [5.41, 5.74) is 0. The molecule has 1 fully saturated rings. The third-order valence-electron chi connectivity index (χ3n) is 1.96. The summed E-state index contributed by atoms with van der Waals surface area (Å²) in [6.07, 6.45) is 0.517. The number of hydrogen-bond donors (Lipinski definition) is 1. The zero-order valence-corrected chi connectivity index (χ0v) is 6.00. The molecule has 1 N–H and O–H groups in total. The molecule has 1 aliphatic rings. The maximum absolute atomic E-state index is 9.14. The molecule has 54 valence electrons. The number of aliphatic hydroxyl groups excluding tert-OH is 1. The van der Waals surface area contributed by atoms with Crippen molar-refractivity contribution in [2.75, 3.05) is 6.61 Å². The minimum atomic E-state index is -0.495. The van der Waals surface area contributed by atoms with Gasteiger partial charge in [0.2, 0.25) is 0 Å². The van der Waals surface area contributed by atoms with Crippen molar-refractivity contribution in [3.05, 3.63) is 0 Å². The molecule has 1 heterocycles. The van der Waals surface area contributed by atoms with Crippen LogP contribution in [0.15, 0.2) is 0 Å². The van der Waals surface area contributed by atoms with Gasteiger partial charge in [-0.3, -0.25) is 0 Å². The summed E-state index contributed by atoms with van der Waals surface area (Å²) in [4.78, 5) is 0. The molecule has 0 spiro atoms. The molecule has 1 saturated heterocycles. The SMILES string of the molecule is CC(C)[C@H]1CCO[C@H]1O. The van der Waals surface area contributed by atoms with E-state index in [4.69, 9.17) is 9.84 Å². The van der Waals surface area contributed by atoms with Crippen LogP contribution in [0.4, 0.5) is 0 Å². The second-order valence-electron chi connectivity index (χ2n) is 2.96. The van der Waals surface area contributed by atoms with Crippen LogP contribution >= 0.6 is 0 Å². The summed E-state index contributed by atoms with van der Waals surface area (Å²) < 4.78 is 4.98. The van der Waals surface area contributed by atoms with Gasteiger partial charge in [-0.15, -0.1) is 0 Å². The van der Waals surface area contributed by atoms with Crippen LogP contribution in [0.1, 0.15) is 20.3 Å². The summed E-state index contributed by atoms with van der Waals surface area (Å²) >= 11 is 0. The van der Waals surface area contributed by atoms with E-state index in [0.29, 0.717) is 11.8 Å². The first-order valence-electron chi connectivity index (χ1n) is 3.51. The first kappa shape index (κ1) is 7.03. The second-order valence-corrected chi connectivity index (χ2v) is 2.96. The molecule has 2 nitrogen and oxygen atoms in total. The maximum Gasteiger partial charge on any atom is 0.157 e. The van der Waals surface area contributed by atoms with Crippen LogP contribution in [0.3, 0.4) is 0 Å². The summed E-state index contributed by atoms with van der Waals surface area (Å²) in [7, 11) is 0. The topological polar surface area (TPSA) is 29.5 Å². The van der Waals surface area contributed by atoms with Gasteiger partial charge in [-0.25, -0.2) is 0 Å². The van der Waals surface area contributed by atoms with Crippen LogP contribution in [0.2, 0.25) is 0 Å². The molecule has 1 aliphatic heterocycles. The van der Waals surface area contributed by atoms with Crippen molar-refractivity contribution >= 4 is 0 Å². The summed E-state index contributed by atoms with van der Waals surface area (Å²) in [6.45, 7) is 4.95. The fourth-order valence-electron chi connectivity index (χ4n) is 1.25. The molecule has 1 rings (SSSR count). The Labute approximate surface area is 55.8 Å². The van der Waals surface area contributed by atoms with Gasteiger partial charge in [0.15, 0.2) is 6.29 Å². The molecule has 2 atom stereocenters. The molecule has 0 amide bonds. The van der Waals surface area contributed by atoms with Crippen LogP contribution in [0.25, 0.3) is 0 Å². The lowest BCUT2D eigenvalue weighted by molar-refractivity contribution is -0.0901. The van der Waals surface area contributed by atoms with E-state index in [9.17, 15) is 0 Å². The average Bonchev–Trinajstić information content (AvgIpc) is 2.13. The Balaban J connectivity index is 2.40. The van der Waals surface area contributed by atoms with E-state index in [1.165, 1.54) is 0 Å². The molecular weight excluding hydrogens is 116 g/mol. The van der Waals surface area contributed by atoms with Gasteiger partial charge in [0.25, 0.3) is 0 Å². The molecule has 0 radical (unpaired) electrons. The van der Waals surface area contributed by atoms with E-state index in [1.807, 2.05) is 0 Å². The van der Waals surface area contributed by atoms with Crippen LogP contribution in [0, 0.1) is 11.8 Å². The van der Waals surface area contributed by atoms with E-state index >= 15 is 0 Å². The van der Waals surface area contributed by atoms with Crippen LogP contribution in [-0.2, 0) is 4.74 Å². The Morgan fingerprint density at radius 2 is 2.22 bits per heavy atom. The Kier molecular flexibility index (Phi) is 2.09. The molecule has 0 aromatic rings. The van der Waals surface area contributed by atoms with Crippen molar-refractivity contribution < 1.29 is 9.84 Å². The molecule has 9 heavy (non-hydrogen) atoms. The van der Waals surface area contributed by atoms with E-state index in [2.05, 4.69) is 13.8 Å². The lowest BCUT2D eigenvalue weighted by Gasteiger charge is -2.15. The highest BCUT2D eigenvalue weighted by Crippen LogP contribution is 2.25. The lowest BCUT2D eigenvalue weighted by Crippen LogP contribution is -2.19. The van der Waals surface area contributed by atoms with Crippen LogP contribution < -0.4 is 0 Å². The van der Waals surface area contributed by atoms with Crippen LogP contribution in [-0.4, -0.2) is 18.0 Å². The van der Waals surface area contributed by atoms with Crippen molar-refractivity contribution in [3.63, 3.8) is 0 Å². The molecule has 2 heteroatoms. The molecule has 0 bridgehead atoms. The normalized spacial score (nSPS) is 36.0. The van der Waals surface area contributed by atoms with Gasteiger partial charge in [-0.05, 0) is 12.3 Å². The third kappa shape index (κ3) is 1.43. The monoisotopic (exact) mass is 130 g/mol. The van der Waals surface area contributed by atoms with Crippen molar-refractivity contribution in [2.45, 2.75) is 26.6 Å². The molecule has 0 aromatic carbocycles. The number of ether oxygens (including phenoxy) is 1. The summed E-state index contributed by atoms with van der Waals surface area (Å²) in [6, 6.07) is 0. The average molecular weight is 130 g/mol. The number of hydrogen-bond acceptors (Lipinski definition) is 2. The highest BCUT2D eigenvalue weighted by Gasteiger charge is 2.28.